The standard InChI is InChI=1S/C18H21N3O2/c1-21(2)12-6-9-18(22)20-13-15-10-11-17(14-19-15)23-16-7-4-3-5-8-16/h3-11,14H,12-13H2,1-2H3,(H,20,22)/b9-6+. The number of rotatable bonds is 7. The number of hydrogen-bond acceptors (Lipinski definition) is 4. The number of carbonyl (C=O) groups excluding carboxylic acids is 1. The molecule has 1 N–H and O–H groups in total. The SMILES string of the molecule is CN(C)C/C=C/C(=O)NCc1ccc(Oc2ccccc2)cn1. The Morgan fingerprint density at radius 2 is 1.96 bits per heavy atom. The van der Waals surface area contributed by atoms with Crippen molar-refractivity contribution in [1.82, 2.24) is 15.2 Å². The highest BCUT2D eigenvalue weighted by molar-refractivity contribution is 5.87. The Morgan fingerprint density at radius 1 is 1.17 bits per heavy atom. The second-order valence-corrected chi connectivity index (χ2v) is 5.28. The molecule has 2 aromatic rings. The summed E-state index contributed by atoms with van der Waals surface area (Å²) in [5, 5.41) is 2.79. The Morgan fingerprint density at radius 3 is 2.61 bits per heavy atom. The number of likely N-dealkylation sites (N-methyl/N-ethyl adjacent to an activating group) is 1. The van der Waals surface area contributed by atoms with Crippen molar-refractivity contribution in [2.75, 3.05) is 20.6 Å². The van der Waals surface area contributed by atoms with Gasteiger partial charge in [-0.05, 0) is 38.4 Å². The fourth-order valence-corrected chi connectivity index (χ4v) is 1.81. The lowest BCUT2D eigenvalue weighted by Gasteiger charge is -2.06. The maximum absolute atomic E-state index is 11.6. The molecule has 0 fully saturated rings. The maximum Gasteiger partial charge on any atom is 0.244 e. The van der Waals surface area contributed by atoms with Gasteiger partial charge in [-0.25, -0.2) is 0 Å². The van der Waals surface area contributed by atoms with E-state index in [9.17, 15) is 4.79 Å². The molecule has 2 rings (SSSR count). The Bertz CT molecular complexity index is 637. The molecule has 0 spiro atoms. The van der Waals surface area contributed by atoms with E-state index < -0.39 is 0 Å². The number of para-hydroxylation sites is 1. The first-order chi connectivity index (χ1) is 11.1. The minimum atomic E-state index is -0.127. The molecule has 0 radical (unpaired) electrons. The second-order valence-electron chi connectivity index (χ2n) is 5.28. The number of amides is 1. The van der Waals surface area contributed by atoms with Crippen molar-refractivity contribution in [3.63, 3.8) is 0 Å². The van der Waals surface area contributed by atoms with Crippen LogP contribution in [0.1, 0.15) is 5.69 Å². The lowest BCUT2D eigenvalue weighted by atomic mass is 10.3. The fourth-order valence-electron chi connectivity index (χ4n) is 1.81. The van der Waals surface area contributed by atoms with Crippen LogP contribution in [0.4, 0.5) is 0 Å². The van der Waals surface area contributed by atoms with Gasteiger partial charge in [-0.1, -0.05) is 24.3 Å². The van der Waals surface area contributed by atoms with Crippen molar-refractivity contribution >= 4 is 5.91 Å². The van der Waals surface area contributed by atoms with E-state index in [1.807, 2.05) is 67.5 Å². The van der Waals surface area contributed by atoms with Crippen LogP contribution in [-0.2, 0) is 11.3 Å². The van der Waals surface area contributed by atoms with Crippen LogP contribution < -0.4 is 10.1 Å². The van der Waals surface area contributed by atoms with E-state index in [2.05, 4.69) is 10.3 Å². The Balaban J connectivity index is 1.81. The lowest BCUT2D eigenvalue weighted by molar-refractivity contribution is -0.116. The molecule has 0 atom stereocenters. The summed E-state index contributed by atoms with van der Waals surface area (Å²) < 4.78 is 5.67. The maximum atomic E-state index is 11.6. The smallest absolute Gasteiger partial charge is 0.244 e. The molecule has 120 valence electrons. The van der Waals surface area contributed by atoms with Gasteiger partial charge in [0.1, 0.15) is 11.5 Å². The van der Waals surface area contributed by atoms with Crippen molar-refractivity contribution in [2.24, 2.45) is 0 Å². The van der Waals surface area contributed by atoms with Crippen LogP contribution in [0.2, 0.25) is 0 Å². The molecular weight excluding hydrogens is 290 g/mol. The van der Waals surface area contributed by atoms with Crippen molar-refractivity contribution in [1.29, 1.82) is 0 Å². The average Bonchev–Trinajstić information content (AvgIpc) is 2.55. The van der Waals surface area contributed by atoms with Gasteiger partial charge in [0.25, 0.3) is 0 Å². The van der Waals surface area contributed by atoms with Gasteiger partial charge in [0.05, 0.1) is 18.4 Å². The molecule has 1 heterocycles. The van der Waals surface area contributed by atoms with Gasteiger partial charge in [-0.15, -0.1) is 0 Å². The summed E-state index contributed by atoms with van der Waals surface area (Å²) in [6.07, 6.45) is 5.00. The van der Waals surface area contributed by atoms with Crippen LogP contribution in [0.5, 0.6) is 11.5 Å². The van der Waals surface area contributed by atoms with Crippen molar-refractivity contribution in [3.05, 3.63) is 66.5 Å². The molecule has 0 aliphatic carbocycles. The van der Waals surface area contributed by atoms with Gasteiger partial charge < -0.3 is 15.0 Å². The molecule has 5 nitrogen and oxygen atoms in total. The number of benzene rings is 1. The highest BCUT2D eigenvalue weighted by atomic mass is 16.5. The predicted octanol–water partition coefficient (Wildman–Crippen LogP) is 2.61. The van der Waals surface area contributed by atoms with Crippen molar-refractivity contribution in [2.45, 2.75) is 6.54 Å². The summed E-state index contributed by atoms with van der Waals surface area (Å²) >= 11 is 0. The molecule has 0 unspecified atom stereocenters. The van der Waals surface area contributed by atoms with Gasteiger partial charge >= 0.3 is 0 Å². The third-order valence-electron chi connectivity index (χ3n) is 2.96. The quantitative estimate of drug-likeness (QED) is 0.799. The van der Waals surface area contributed by atoms with Crippen LogP contribution in [0.3, 0.4) is 0 Å². The first-order valence-electron chi connectivity index (χ1n) is 7.40. The number of ether oxygens (including phenoxy) is 1. The minimum absolute atomic E-state index is 0.127. The summed E-state index contributed by atoms with van der Waals surface area (Å²) in [6, 6.07) is 13.2. The van der Waals surface area contributed by atoms with E-state index >= 15 is 0 Å². The van der Waals surface area contributed by atoms with Crippen LogP contribution in [0, 0.1) is 0 Å². The van der Waals surface area contributed by atoms with Crippen molar-refractivity contribution in [3.8, 4) is 11.5 Å². The highest BCUT2D eigenvalue weighted by Gasteiger charge is 2.00. The molecule has 0 aliphatic rings. The van der Waals surface area contributed by atoms with Gasteiger partial charge in [0.2, 0.25) is 5.91 Å². The summed E-state index contributed by atoms with van der Waals surface area (Å²) in [6.45, 7) is 1.12. The molecule has 1 aromatic heterocycles. The van der Waals surface area contributed by atoms with Gasteiger partial charge in [-0.3, -0.25) is 9.78 Å². The van der Waals surface area contributed by atoms with Gasteiger partial charge in [-0.2, -0.15) is 0 Å². The molecule has 23 heavy (non-hydrogen) atoms. The lowest BCUT2D eigenvalue weighted by Crippen LogP contribution is -2.21. The van der Waals surface area contributed by atoms with Crippen molar-refractivity contribution < 1.29 is 9.53 Å². The minimum Gasteiger partial charge on any atom is -0.456 e. The van der Waals surface area contributed by atoms with Gasteiger partial charge in [0, 0.05) is 12.6 Å². The van der Waals surface area contributed by atoms with E-state index in [4.69, 9.17) is 4.74 Å². The average molecular weight is 311 g/mol. The zero-order chi connectivity index (χ0) is 16.5. The Hall–Kier alpha value is -2.66. The Kier molecular flexibility index (Phi) is 6.32. The highest BCUT2D eigenvalue weighted by Crippen LogP contribution is 2.19. The van der Waals surface area contributed by atoms with E-state index in [1.165, 1.54) is 6.08 Å². The zero-order valence-electron chi connectivity index (χ0n) is 13.4. The number of hydrogen-bond donors (Lipinski definition) is 1. The Labute approximate surface area is 136 Å². The van der Waals surface area contributed by atoms with E-state index in [0.29, 0.717) is 12.3 Å². The zero-order valence-corrected chi connectivity index (χ0v) is 13.4. The number of carbonyl (C=O) groups is 1. The molecule has 0 bridgehead atoms. The summed E-state index contributed by atoms with van der Waals surface area (Å²) in [4.78, 5) is 17.9. The predicted molar refractivity (Wildman–Crippen MR) is 90.3 cm³/mol. The molecule has 1 aromatic carbocycles. The topological polar surface area (TPSA) is 54.5 Å². The van der Waals surface area contributed by atoms with Gasteiger partial charge in [0.15, 0.2) is 0 Å². The normalized spacial score (nSPS) is 10.9. The first kappa shape index (κ1) is 16.7. The van der Waals surface area contributed by atoms with E-state index in [1.54, 1.807) is 6.20 Å². The van der Waals surface area contributed by atoms with Crippen LogP contribution in [0.25, 0.3) is 0 Å². The summed E-state index contributed by atoms with van der Waals surface area (Å²) in [5.41, 5.74) is 0.778. The molecule has 0 saturated carbocycles. The summed E-state index contributed by atoms with van der Waals surface area (Å²) in [7, 11) is 3.90. The number of aromatic nitrogens is 1. The second kappa shape index (κ2) is 8.70. The first-order valence-corrected chi connectivity index (χ1v) is 7.40. The largest absolute Gasteiger partial charge is 0.456 e. The van der Waals surface area contributed by atoms with Crippen LogP contribution >= 0.6 is 0 Å². The van der Waals surface area contributed by atoms with Crippen LogP contribution in [-0.4, -0.2) is 36.4 Å². The molecule has 0 aliphatic heterocycles. The molecular formula is C18H21N3O2. The molecule has 1 amide bonds. The number of pyridine rings is 1. The monoisotopic (exact) mass is 311 g/mol. The molecule has 5 heteroatoms. The number of nitrogens with one attached hydrogen (secondary N) is 1. The number of nitrogens with zero attached hydrogens (tertiary/aromatic N) is 2. The van der Waals surface area contributed by atoms with Crippen LogP contribution in [0.15, 0.2) is 60.8 Å². The third-order valence-corrected chi connectivity index (χ3v) is 2.96. The van der Waals surface area contributed by atoms with E-state index in [0.717, 1.165) is 18.0 Å². The third kappa shape index (κ3) is 6.32. The fraction of sp³-hybridized carbons (Fsp3) is 0.222. The van der Waals surface area contributed by atoms with E-state index in [-0.39, 0.29) is 5.91 Å². The molecule has 0 saturated heterocycles. The summed E-state index contributed by atoms with van der Waals surface area (Å²) in [5.74, 6) is 1.30.